The van der Waals surface area contributed by atoms with Crippen LogP contribution in [-0.4, -0.2) is 25.1 Å². The summed E-state index contributed by atoms with van der Waals surface area (Å²) in [5.41, 5.74) is -0.141. The van der Waals surface area contributed by atoms with Gasteiger partial charge in [-0.15, -0.1) is 0 Å². The smallest absolute Gasteiger partial charge is 0.329 e. The van der Waals surface area contributed by atoms with Crippen LogP contribution in [0.2, 0.25) is 0 Å². The molecule has 0 radical (unpaired) electrons. The molecule has 1 rings (SSSR count). The predicted molar refractivity (Wildman–Crippen MR) is 61.8 cm³/mol. The zero-order valence-corrected chi connectivity index (χ0v) is 10.4. The van der Waals surface area contributed by atoms with E-state index < -0.39 is 10.9 Å². The largest absolute Gasteiger partial charge is 0.493 e. The van der Waals surface area contributed by atoms with E-state index in [-0.39, 0.29) is 29.2 Å². The molecule has 0 aliphatic heterocycles. The Morgan fingerprint density at radius 3 is 2.33 bits per heavy atom. The molecule has 18 heavy (non-hydrogen) atoms. The number of nitro benzene ring substituents is 1. The summed E-state index contributed by atoms with van der Waals surface area (Å²) in [5, 5.41) is 10.9. The van der Waals surface area contributed by atoms with Crippen LogP contribution in [0.4, 0.5) is 5.69 Å². The van der Waals surface area contributed by atoms with Crippen LogP contribution in [-0.2, 0) is 15.5 Å². The third-order valence-electron chi connectivity index (χ3n) is 2.20. The van der Waals surface area contributed by atoms with Gasteiger partial charge in [-0.1, -0.05) is 0 Å². The van der Waals surface area contributed by atoms with E-state index in [0.717, 1.165) is 0 Å². The van der Waals surface area contributed by atoms with Crippen molar-refractivity contribution in [1.29, 1.82) is 0 Å². The van der Waals surface area contributed by atoms with E-state index in [2.05, 4.69) is 4.29 Å². The quantitative estimate of drug-likeness (QED) is 0.602. The van der Waals surface area contributed by atoms with Gasteiger partial charge in [-0.2, -0.15) is 0 Å². The minimum absolute atomic E-state index is 0.128. The Labute approximate surface area is 108 Å². The normalized spacial score (nSPS) is 9.72. The Morgan fingerprint density at radius 2 is 1.89 bits per heavy atom. The molecular formula is C10H10ClNO6. The van der Waals surface area contributed by atoms with Crippen LogP contribution in [0.3, 0.4) is 0 Å². The lowest BCUT2D eigenvalue weighted by Gasteiger charge is -2.09. The van der Waals surface area contributed by atoms with Crippen molar-refractivity contribution in [1.82, 2.24) is 0 Å². The molecule has 0 bridgehead atoms. The minimum atomic E-state index is -0.799. The molecule has 8 heteroatoms. The fourth-order valence-corrected chi connectivity index (χ4v) is 1.46. The number of benzene rings is 1. The molecule has 0 atom stereocenters. The molecule has 0 unspecified atom stereocenters. The summed E-state index contributed by atoms with van der Waals surface area (Å²) in [6.45, 7) is 0. The molecule has 98 valence electrons. The van der Waals surface area contributed by atoms with Gasteiger partial charge in [0.2, 0.25) is 0 Å². The van der Waals surface area contributed by atoms with E-state index in [1.165, 1.54) is 26.4 Å². The van der Waals surface area contributed by atoms with Crippen molar-refractivity contribution < 1.29 is 23.5 Å². The van der Waals surface area contributed by atoms with Gasteiger partial charge in [0.1, 0.15) is 11.9 Å². The number of rotatable bonds is 5. The Kier molecular flexibility index (Phi) is 4.73. The second kappa shape index (κ2) is 6.06. The molecular weight excluding hydrogens is 266 g/mol. The average Bonchev–Trinajstić information content (AvgIpc) is 2.37. The summed E-state index contributed by atoms with van der Waals surface area (Å²) >= 11 is 4.89. The molecule has 0 aliphatic rings. The molecule has 0 saturated heterocycles. The fraction of sp³-hybridized carbons (Fsp3) is 0.300. The summed E-state index contributed by atoms with van der Waals surface area (Å²) in [6.07, 6.45) is -0.333. The number of hydrogen-bond donors (Lipinski definition) is 0. The number of halogens is 1. The first-order valence-electron chi connectivity index (χ1n) is 4.74. The summed E-state index contributed by atoms with van der Waals surface area (Å²) in [7, 11) is 2.74. The monoisotopic (exact) mass is 275 g/mol. The molecule has 1 aromatic rings. The van der Waals surface area contributed by atoms with Gasteiger partial charge in [-0.3, -0.25) is 14.9 Å². The van der Waals surface area contributed by atoms with E-state index in [4.69, 9.17) is 21.3 Å². The lowest BCUT2D eigenvalue weighted by atomic mass is 10.1. The molecule has 1 aromatic carbocycles. The van der Waals surface area contributed by atoms with Crippen molar-refractivity contribution in [2.24, 2.45) is 0 Å². The van der Waals surface area contributed by atoms with E-state index >= 15 is 0 Å². The van der Waals surface area contributed by atoms with Gasteiger partial charge in [0.05, 0.1) is 31.6 Å². The predicted octanol–water partition coefficient (Wildman–Crippen LogP) is 1.85. The maximum absolute atomic E-state index is 11.1. The van der Waals surface area contributed by atoms with Crippen molar-refractivity contribution in [3.05, 3.63) is 27.8 Å². The SMILES string of the molecule is COc1cc(CC(=O)OCl)c([N+](=O)[O-])cc1OC. The van der Waals surface area contributed by atoms with Crippen LogP contribution < -0.4 is 9.47 Å². The number of carbonyl (C=O) groups excluding carboxylic acids is 1. The van der Waals surface area contributed by atoms with Crippen molar-refractivity contribution in [2.45, 2.75) is 6.42 Å². The number of nitrogens with zero attached hydrogens (tertiary/aromatic N) is 1. The van der Waals surface area contributed by atoms with E-state index in [9.17, 15) is 14.9 Å². The Bertz CT molecular complexity index is 476. The standard InChI is InChI=1S/C10H10ClNO6/c1-16-8-3-6(4-10(13)18-11)7(12(14)15)5-9(8)17-2/h3,5H,4H2,1-2H3. The van der Waals surface area contributed by atoms with Crippen molar-refractivity contribution in [3.63, 3.8) is 0 Å². The highest BCUT2D eigenvalue weighted by molar-refractivity contribution is 6.13. The van der Waals surface area contributed by atoms with Crippen molar-refractivity contribution >= 4 is 23.5 Å². The second-order valence-electron chi connectivity index (χ2n) is 3.22. The van der Waals surface area contributed by atoms with Crippen molar-refractivity contribution in [3.8, 4) is 11.5 Å². The highest BCUT2D eigenvalue weighted by Crippen LogP contribution is 2.34. The van der Waals surface area contributed by atoms with Gasteiger partial charge in [0.25, 0.3) is 5.69 Å². The minimum Gasteiger partial charge on any atom is -0.493 e. The molecule has 0 aromatic heterocycles. The fourth-order valence-electron chi connectivity index (χ4n) is 1.40. The van der Waals surface area contributed by atoms with Gasteiger partial charge in [-0.05, 0) is 6.07 Å². The van der Waals surface area contributed by atoms with Crippen molar-refractivity contribution in [2.75, 3.05) is 14.2 Å². The Balaban J connectivity index is 3.28. The Morgan fingerprint density at radius 1 is 1.33 bits per heavy atom. The number of nitro groups is 1. The van der Waals surface area contributed by atoms with Crippen LogP contribution in [0.15, 0.2) is 12.1 Å². The third-order valence-corrected chi connectivity index (χ3v) is 2.37. The summed E-state index contributed by atoms with van der Waals surface area (Å²) in [4.78, 5) is 21.3. The molecule has 0 saturated carbocycles. The second-order valence-corrected chi connectivity index (χ2v) is 3.37. The van der Waals surface area contributed by atoms with Gasteiger partial charge >= 0.3 is 5.97 Å². The highest BCUT2D eigenvalue weighted by Gasteiger charge is 2.21. The van der Waals surface area contributed by atoms with Crippen LogP contribution in [0, 0.1) is 10.1 Å². The molecule has 0 heterocycles. The van der Waals surface area contributed by atoms with Gasteiger partial charge in [-0.25, -0.2) is 0 Å². The van der Waals surface area contributed by atoms with Gasteiger partial charge < -0.3 is 13.8 Å². The zero-order chi connectivity index (χ0) is 13.7. The van der Waals surface area contributed by atoms with E-state index in [0.29, 0.717) is 0 Å². The number of carbonyl (C=O) groups is 1. The summed E-state index contributed by atoms with van der Waals surface area (Å²) in [6, 6.07) is 2.51. The first kappa shape index (κ1) is 14.0. The molecule has 0 N–H and O–H groups in total. The molecule has 0 fully saturated rings. The maximum atomic E-state index is 11.1. The van der Waals surface area contributed by atoms with Crippen LogP contribution in [0.5, 0.6) is 11.5 Å². The first-order valence-corrected chi connectivity index (χ1v) is 5.05. The molecule has 0 aliphatic carbocycles. The lowest BCUT2D eigenvalue weighted by Crippen LogP contribution is -2.06. The van der Waals surface area contributed by atoms with E-state index in [1.807, 2.05) is 0 Å². The van der Waals surface area contributed by atoms with Gasteiger partial charge in [0, 0.05) is 5.56 Å². The highest BCUT2D eigenvalue weighted by atomic mass is 35.5. The number of hydrogen-bond acceptors (Lipinski definition) is 6. The number of methoxy groups -OCH3 is 2. The molecule has 7 nitrogen and oxygen atoms in total. The summed E-state index contributed by atoms with van der Waals surface area (Å²) in [5.74, 6) is -0.320. The van der Waals surface area contributed by atoms with Crippen LogP contribution in [0.1, 0.15) is 5.56 Å². The van der Waals surface area contributed by atoms with Crippen LogP contribution >= 0.6 is 11.9 Å². The summed E-state index contributed by atoms with van der Waals surface area (Å²) < 4.78 is 13.9. The Hall–Kier alpha value is -2.02. The van der Waals surface area contributed by atoms with E-state index in [1.54, 1.807) is 0 Å². The zero-order valence-electron chi connectivity index (χ0n) is 9.64. The maximum Gasteiger partial charge on any atom is 0.329 e. The third kappa shape index (κ3) is 3.01. The topological polar surface area (TPSA) is 87.9 Å². The number of ether oxygens (including phenoxy) is 2. The van der Waals surface area contributed by atoms with Crippen LogP contribution in [0.25, 0.3) is 0 Å². The molecule has 0 spiro atoms. The average molecular weight is 276 g/mol. The first-order chi connectivity index (χ1) is 8.53. The van der Waals surface area contributed by atoms with Gasteiger partial charge in [0.15, 0.2) is 11.5 Å². The molecule has 0 amide bonds. The lowest BCUT2D eigenvalue weighted by molar-refractivity contribution is -0.385.